The molecule has 26 heavy (non-hydrogen) atoms. The van der Waals surface area contributed by atoms with E-state index < -0.39 is 0 Å². The van der Waals surface area contributed by atoms with Gasteiger partial charge in [0.05, 0.1) is 5.56 Å². The molecule has 2 aromatic rings. The van der Waals surface area contributed by atoms with E-state index in [2.05, 4.69) is 21.2 Å². The zero-order valence-corrected chi connectivity index (χ0v) is 16.3. The Balaban J connectivity index is 1.47. The van der Waals surface area contributed by atoms with Gasteiger partial charge in [0.25, 0.3) is 5.91 Å². The van der Waals surface area contributed by atoms with E-state index in [0.717, 1.165) is 29.0 Å². The molecule has 0 spiro atoms. The summed E-state index contributed by atoms with van der Waals surface area (Å²) >= 11 is 3.51. The molecule has 1 aliphatic carbocycles. The number of carbonyl (C=O) groups excluding carboxylic acids is 1. The molecule has 3 rings (SSSR count). The van der Waals surface area contributed by atoms with Gasteiger partial charge in [0.2, 0.25) is 0 Å². The molecule has 138 valence electrons. The Bertz CT molecular complexity index is 731. The average Bonchev–Trinajstić information content (AvgIpc) is 3.48. The summed E-state index contributed by atoms with van der Waals surface area (Å²) < 4.78 is 12.5. The van der Waals surface area contributed by atoms with Gasteiger partial charge < -0.3 is 14.8 Å². The van der Waals surface area contributed by atoms with Gasteiger partial charge in [0.15, 0.2) is 0 Å². The highest BCUT2D eigenvalue weighted by Gasteiger charge is 2.20. The average molecular weight is 418 g/mol. The van der Waals surface area contributed by atoms with Gasteiger partial charge in [-0.3, -0.25) is 4.79 Å². The molecule has 0 saturated heterocycles. The third-order valence-corrected chi connectivity index (χ3v) is 5.05. The molecule has 0 aliphatic heterocycles. The third-order valence-electron chi connectivity index (χ3n) is 4.27. The number of para-hydroxylation sites is 1. The molecule has 1 N–H and O–H groups in total. The Morgan fingerprint density at radius 3 is 2.69 bits per heavy atom. The molecule has 1 aliphatic rings. The molecular weight excluding hydrogens is 394 g/mol. The Morgan fingerprint density at radius 1 is 1.12 bits per heavy atom. The topological polar surface area (TPSA) is 47.6 Å². The first-order valence-corrected chi connectivity index (χ1v) is 9.84. The summed E-state index contributed by atoms with van der Waals surface area (Å²) in [5.74, 6) is 1.25. The van der Waals surface area contributed by atoms with E-state index in [1.165, 1.54) is 12.8 Å². The van der Waals surface area contributed by atoms with Crippen LogP contribution >= 0.6 is 15.9 Å². The summed E-state index contributed by atoms with van der Waals surface area (Å²) in [5.41, 5.74) is 1.59. The van der Waals surface area contributed by atoms with Crippen LogP contribution in [-0.4, -0.2) is 25.7 Å². The number of ether oxygens (including phenoxy) is 2. The van der Waals surface area contributed by atoms with Crippen LogP contribution in [-0.2, 0) is 11.3 Å². The van der Waals surface area contributed by atoms with Crippen LogP contribution in [0, 0.1) is 5.92 Å². The van der Waals surface area contributed by atoms with Crippen molar-refractivity contribution in [3.8, 4) is 5.75 Å². The fourth-order valence-corrected chi connectivity index (χ4v) is 2.96. The van der Waals surface area contributed by atoms with Gasteiger partial charge in [-0.2, -0.15) is 0 Å². The zero-order chi connectivity index (χ0) is 18.2. The third kappa shape index (κ3) is 5.85. The van der Waals surface area contributed by atoms with Crippen molar-refractivity contribution >= 4 is 21.8 Å². The smallest absolute Gasteiger partial charge is 0.255 e. The number of halogens is 1. The Morgan fingerprint density at radius 2 is 1.88 bits per heavy atom. The highest BCUT2D eigenvalue weighted by molar-refractivity contribution is 9.10. The maximum absolute atomic E-state index is 12.5. The van der Waals surface area contributed by atoms with Crippen LogP contribution in [0.5, 0.6) is 5.75 Å². The summed E-state index contributed by atoms with van der Waals surface area (Å²) in [5, 5.41) is 2.94. The molecule has 0 heterocycles. The van der Waals surface area contributed by atoms with E-state index >= 15 is 0 Å². The number of carbonyl (C=O) groups is 1. The SMILES string of the molecule is O=C(NCCCOCC1CC1)c1ccccc1OCc1ccccc1Br. The fraction of sp³-hybridized carbons (Fsp3) is 0.381. The van der Waals surface area contributed by atoms with Gasteiger partial charge >= 0.3 is 0 Å². The molecule has 0 bridgehead atoms. The lowest BCUT2D eigenvalue weighted by atomic mass is 10.2. The fourth-order valence-electron chi connectivity index (χ4n) is 2.56. The molecule has 5 heteroatoms. The van der Waals surface area contributed by atoms with Gasteiger partial charge in [-0.05, 0) is 43.4 Å². The predicted molar refractivity (Wildman–Crippen MR) is 105 cm³/mol. The number of nitrogens with one attached hydrogen (secondary N) is 1. The van der Waals surface area contributed by atoms with Gasteiger partial charge in [-0.15, -0.1) is 0 Å². The number of rotatable bonds is 10. The van der Waals surface area contributed by atoms with Crippen molar-refractivity contribution in [2.75, 3.05) is 19.8 Å². The molecule has 1 fully saturated rings. The highest BCUT2D eigenvalue weighted by atomic mass is 79.9. The van der Waals surface area contributed by atoms with Crippen molar-refractivity contribution in [1.82, 2.24) is 5.32 Å². The molecule has 1 saturated carbocycles. The van der Waals surface area contributed by atoms with Crippen molar-refractivity contribution in [3.05, 3.63) is 64.1 Å². The zero-order valence-electron chi connectivity index (χ0n) is 14.7. The Kier molecular flexibility index (Phi) is 7.09. The first kappa shape index (κ1) is 18.9. The number of benzene rings is 2. The van der Waals surface area contributed by atoms with Crippen LogP contribution < -0.4 is 10.1 Å². The summed E-state index contributed by atoms with van der Waals surface area (Å²) in [4.78, 5) is 12.5. The second-order valence-corrected chi connectivity index (χ2v) is 7.36. The lowest BCUT2D eigenvalue weighted by Gasteiger charge is -2.12. The molecule has 0 atom stereocenters. The van der Waals surface area contributed by atoms with Crippen LogP contribution in [0.15, 0.2) is 53.0 Å². The normalized spacial score (nSPS) is 13.4. The van der Waals surface area contributed by atoms with E-state index in [9.17, 15) is 4.79 Å². The Hall–Kier alpha value is -1.85. The lowest BCUT2D eigenvalue weighted by molar-refractivity contribution is 0.0933. The van der Waals surface area contributed by atoms with Gasteiger partial charge in [-0.1, -0.05) is 46.3 Å². The summed E-state index contributed by atoms with van der Waals surface area (Å²) in [6, 6.07) is 15.2. The maximum Gasteiger partial charge on any atom is 0.255 e. The van der Waals surface area contributed by atoms with Gasteiger partial charge in [0.1, 0.15) is 12.4 Å². The summed E-state index contributed by atoms with van der Waals surface area (Å²) in [6.07, 6.45) is 3.42. The van der Waals surface area contributed by atoms with Crippen molar-refractivity contribution in [3.63, 3.8) is 0 Å². The number of hydrogen-bond acceptors (Lipinski definition) is 3. The highest BCUT2D eigenvalue weighted by Crippen LogP contribution is 2.28. The first-order chi connectivity index (χ1) is 12.7. The standard InChI is InChI=1S/C21H24BrNO3/c22-19-8-3-1-6-17(19)15-26-20-9-4-2-7-18(20)21(24)23-12-5-13-25-14-16-10-11-16/h1-4,6-9,16H,5,10-15H2,(H,23,24). The van der Waals surface area contributed by atoms with Crippen molar-refractivity contribution in [2.24, 2.45) is 5.92 Å². The predicted octanol–water partition coefficient (Wildman–Crippen LogP) is 4.57. The maximum atomic E-state index is 12.5. The molecule has 2 aromatic carbocycles. The molecular formula is C21H24BrNO3. The second-order valence-electron chi connectivity index (χ2n) is 6.50. The summed E-state index contributed by atoms with van der Waals surface area (Å²) in [6.45, 7) is 2.55. The molecule has 0 unspecified atom stereocenters. The van der Waals surface area contributed by atoms with Crippen LogP contribution in [0.25, 0.3) is 0 Å². The summed E-state index contributed by atoms with van der Waals surface area (Å²) in [7, 11) is 0. The Labute approximate surface area is 163 Å². The van der Waals surface area contributed by atoms with Crippen LogP contribution in [0.2, 0.25) is 0 Å². The van der Waals surface area contributed by atoms with Gasteiger partial charge in [0, 0.05) is 29.8 Å². The van der Waals surface area contributed by atoms with Crippen LogP contribution in [0.3, 0.4) is 0 Å². The lowest BCUT2D eigenvalue weighted by Crippen LogP contribution is -2.25. The molecule has 4 nitrogen and oxygen atoms in total. The van der Waals surface area contributed by atoms with Crippen LogP contribution in [0.1, 0.15) is 35.2 Å². The first-order valence-electron chi connectivity index (χ1n) is 9.05. The largest absolute Gasteiger partial charge is 0.488 e. The van der Waals surface area contributed by atoms with Crippen molar-refractivity contribution in [2.45, 2.75) is 25.9 Å². The quantitative estimate of drug-likeness (QED) is 0.575. The van der Waals surface area contributed by atoms with E-state index in [1.54, 1.807) is 6.07 Å². The minimum Gasteiger partial charge on any atom is -0.488 e. The second kappa shape index (κ2) is 9.74. The van der Waals surface area contributed by atoms with Crippen molar-refractivity contribution < 1.29 is 14.3 Å². The van der Waals surface area contributed by atoms with E-state index in [0.29, 0.717) is 31.1 Å². The van der Waals surface area contributed by atoms with E-state index in [4.69, 9.17) is 9.47 Å². The molecule has 0 aromatic heterocycles. The monoisotopic (exact) mass is 417 g/mol. The molecule has 0 radical (unpaired) electrons. The van der Waals surface area contributed by atoms with Gasteiger partial charge in [-0.25, -0.2) is 0 Å². The number of amides is 1. The van der Waals surface area contributed by atoms with Crippen molar-refractivity contribution in [1.29, 1.82) is 0 Å². The van der Waals surface area contributed by atoms with E-state index in [-0.39, 0.29) is 5.91 Å². The minimum absolute atomic E-state index is 0.116. The van der Waals surface area contributed by atoms with Crippen LogP contribution in [0.4, 0.5) is 0 Å². The minimum atomic E-state index is -0.116. The number of hydrogen-bond donors (Lipinski definition) is 1. The molecule has 1 amide bonds. The van der Waals surface area contributed by atoms with E-state index in [1.807, 2.05) is 42.5 Å².